The molecule has 4 aromatic rings. The van der Waals surface area contributed by atoms with Gasteiger partial charge in [-0.2, -0.15) is 0 Å². The summed E-state index contributed by atoms with van der Waals surface area (Å²) in [5, 5.41) is 11.5. The number of imidazole rings is 1. The summed E-state index contributed by atoms with van der Waals surface area (Å²) in [5.41, 5.74) is 6.53. The molecule has 0 unspecified atom stereocenters. The molecule has 1 fully saturated rings. The van der Waals surface area contributed by atoms with Gasteiger partial charge in [-0.1, -0.05) is 18.6 Å². The Morgan fingerprint density at radius 1 is 1.14 bits per heavy atom. The summed E-state index contributed by atoms with van der Waals surface area (Å²) in [6.45, 7) is 3.04. The van der Waals surface area contributed by atoms with Crippen molar-refractivity contribution in [2.24, 2.45) is 10.9 Å². The maximum atomic E-state index is 13.4. The van der Waals surface area contributed by atoms with Crippen molar-refractivity contribution in [2.45, 2.75) is 57.7 Å². The first-order valence-corrected chi connectivity index (χ1v) is 12.6. The van der Waals surface area contributed by atoms with E-state index >= 15 is 0 Å². The van der Waals surface area contributed by atoms with Crippen molar-refractivity contribution in [2.75, 3.05) is 0 Å². The number of ketones is 1. The molecule has 0 radical (unpaired) electrons. The molecule has 2 aliphatic rings. The maximum absolute atomic E-state index is 13.4. The van der Waals surface area contributed by atoms with Crippen LogP contribution in [0, 0.1) is 12.8 Å². The number of Topliss-reactive ketones (excluding diaryl/α,β-unsaturated/α-hetero) is 1. The smallest absolute Gasteiger partial charge is 0.163 e. The third-order valence-electron chi connectivity index (χ3n) is 7.50. The topological polar surface area (TPSA) is 93.3 Å². The standard InChI is InChI=1S/C29H29N5O2/c1-19-12-22(8-11-30-19)27-24-14-21(6-7-23(24)16-32-27)26(35)13-20-4-2-9-29(36,15-20)17-34-18-33-25-5-3-10-31-28(25)34/h3,5-8,10-12,14,18,20,36H,2,4,9,13,15-17H2,1H3/t20-,29-/m0/s1. The SMILES string of the molecule is Cc1cc(C2=NCc3ccc(C(=O)C[C@@H]4CCC[C@@](O)(Cn5cnc6cccnc65)C4)cc32)ccn1. The van der Waals surface area contributed by atoms with Gasteiger partial charge in [0.1, 0.15) is 5.52 Å². The quantitative estimate of drug-likeness (QED) is 0.405. The van der Waals surface area contributed by atoms with E-state index in [1.807, 2.05) is 54.0 Å². The Bertz CT molecular complexity index is 1490. The molecule has 7 nitrogen and oxygen atoms in total. The van der Waals surface area contributed by atoms with E-state index in [4.69, 9.17) is 4.99 Å². The largest absolute Gasteiger partial charge is 0.388 e. The molecule has 2 atom stereocenters. The van der Waals surface area contributed by atoms with E-state index in [0.29, 0.717) is 37.9 Å². The lowest BCUT2D eigenvalue weighted by Gasteiger charge is -2.37. The van der Waals surface area contributed by atoms with E-state index < -0.39 is 5.60 Å². The number of hydrogen-bond acceptors (Lipinski definition) is 6. The zero-order chi connectivity index (χ0) is 24.7. The number of hydrogen-bond donors (Lipinski definition) is 1. The lowest BCUT2D eigenvalue weighted by Crippen LogP contribution is -2.39. The molecule has 0 bridgehead atoms. The summed E-state index contributed by atoms with van der Waals surface area (Å²) in [4.78, 5) is 31.2. The minimum atomic E-state index is -0.870. The summed E-state index contributed by atoms with van der Waals surface area (Å²) in [5.74, 6) is 0.266. The van der Waals surface area contributed by atoms with Gasteiger partial charge in [-0.3, -0.25) is 14.8 Å². The highest BCUT2D eigenvalue weighted by molar-refractivity contribution is 6.16. The number of fused-ring (bicyclic) bond motifs is 2. The van der Waals surface area contributed by atoms with Crippen LogP contribution in [0.4, 0.5) is 0 Å². The molecule has 7 heteroatoms. The monoisotopic (exact) mass is 479 g/mol. The highest BCUT2D eigenvalue weighted by Crippen LogP contribution is 2.37. The summed E-state index contributed by atoms with van der Waals surface area (Å²) in [7, 11) is 0. The van der Waals surface area contributed by atoms with Crippen LogP contribution in [-0.2, 0) is 13.1 Å². The highest BCUT2D eigenvalue weighted by atomic mass is 16.3. The van der Waals surface area contributed by atoms with E-state index in [1.165, 1.54) is 0 Å². The molecule has 4 heterocycles. The minimum Gasteiger partial charge on any atom is -0.388 e. The molecule has 1 saturated carbocycles. The zero-order valence-electron chi connectivity index (χ0n) is 20.4. The Kier molecular flexibility index (Phi) is 5.72. The van der Waals surface area contributed by atoms with Gasteiger partial charge in [0.25, 0.3) is 0 Å². The molecule has 182 valence electrons. The van der Waals surface area contributed by atoms with Gasteiger partial charge in [-0.05, 0) is 68.0 Å². The Morgan fingerprint density at radius 2 is 2.06 bits per heavy atom. The van der Waals surface area contributed by atoms with E-state index in [0.717, 1.165) is 52.1 Å². The number of aromatic nitrogens is 4. The second-order valence-corrected chi connectivity index (χ2v) is 10.3. The number of aliphatic imine (C=N–C) groups is 1. The minimum absolute atomic E-state index is 0.124. The molecule has 1 N–H and O–H groups in total. The fourth-order valence-electron chi connectivity index (χ4n) is 5.79. The second kappa shape index (κ2) is 9.06. The van der Waals surface area contributed by atoms with Gasteiger partial charge in [-0.25, -0.2) is 9.97 Å². The number of benzene rings is 1. The van der Waals surface area contributed by atoms with E-state index in [-0.39, 0.29) is 11.7 Å². The van der Waals surface area contributed by atoms with Crippen LogP contribution >= 0.6 is 0 Å². The third kappa shape index (κ3) is 4.35. The van der Waals surface area contributed by atoms with E-state index in [1.54, 1.807) is 18.7 Å². The van der Waals surface area contributed by atoms with Gasteiger partial charge in [0.2, 0.25) is 0 Å². The van der Waals surface area contributed by atoms with Crippen LogP contribution in [0.5, 0.6) is 0 Å². The Hall–Kier alpha value is -3.71. The summed E-state index contributed by atoms with van der Waals surface area (Å²) in [6.07, 6.45) is 8.89. The summed E-state index contributed by atoms with van der Waals surface area (Å²) < 4.78 is 1.93. The second-order valence-electron chi connectivity index (χ2n) is 10.3. The molecule has 0 saturated heterocycles. The molecule has 3 aromatic heterocycles. The van der Waals surface area contributed by atoms with E-state index in [9.17, 15) is 9.90 Å². The fourth-order valence-corrected chi connectivity index (χ4v) is 5.79. The maximum Gasteiger partial charge on any atom is 0.163 e. The number of carbonyl (C=O) groups is 1. The van der Waals surface area contributed by atoms with Crippen molar-refractivity contribution in [1.82, 2.24) is 19.5 Å². The summed E-state index contributed by atoms with van der Waals surface area (Å²) >= 11 is 0. The van der Waals surface area contributed by atoms with Crippen LogP contribution in [0.25, 0.3) is 11.2 Å². The molecular formula is C29H29N5O2. The van der Waals surface area contributed by atoms with Crippen LogP contribution in [0.1, 0.15) is 64.8 Å². The predicted octanol–water partition coefficient (Wildman–Crippen LogP) is 4.68. The predicted molar refractivity (Wildman–Crippen MR) is 138 cm³/mol. The first kappa shape index (κ1) is 22.7. The van der Waals surface area contributed by atoms with Crippen molar-refractivity contribution >= 4 is 22.7 Å². The van der Waals surface area contributed by atoms with Crippen LogP contribution in [0.15, 0.2) is 66.2 Å². The van der Waals surface area contributed by atoms with Gasteiger partial charge in [0.15, 0.2) is 11.4 Å². The Labute approximate surface area is 210 Å². The van der Waals surface area contributed by atoms with Gasteiger partial charge >= 0.3 is 0 Å². The average molecular weight is 480 g/mol. The van der Waals surface area contributed by atoms with Gasteiger partial charge in [-0.15, -0.1) is 0 Å². The summed E-state index contributed by atoms with van der Waals surface area (Å²) in [6, 6.07) is 13.7. The molecular weight excluding hydrogens is 450 g/mol. The van der Waals surface area contributed by atoms with Crippen LogP contribution in [-0.4, -0.2) is 41.7 Å². The highest BCUT2D eigenvalue weighted by Gasteiger charge is 2.36. The van der Waals surface area contributed by atoms with Crippen LogP contribution in [0.3, 0.4) is 0 Å². The van der Waals surface area contributed by atoms with E-state index in [2.05, 4.69) is 15.0 Å². The zero-order valence-corrected chi connectivity index (χ0v) is 20.4. The van der Waals surface area contributed by atoms with Crippen molar-refractivity contribution in [1.29, 1.82) is 0 Å². The van der Waals surface area contributed by atoms with Crippen molar-refractivity contribution in [3.8, 4) is 0 Å². The Morgan fingerprint density at radius 3 is 2.94 bits per heavy atom. The van der Waals surface area contributed by atoms with Gasteiger partial charge in [0, 0.05) is 41.2 Å². The van der Waals surface area contributed by atoms with Crippen molar-refractivity contribution < 1.29 is 9.90 Å². The van der Waals surface area contributed by atoms with Crippen LogP contribution in [0.2, 0.25) is 0 Å². The molecule has 0 amide bonds. The lowest BCUT2D eigenvalue weighted by atomic mass is 9.75. The number of pyridine rings is 2. The first-order chi connectivity index (χ1) is 17.5. The fraction of sp³-hybridized carbons (Fsp3) is 0.345. The molecule has 6 rings (SSSR count). The first-order valence-electron chi connectivity index (χ1n) is 12.6. The molecule has 36 heavy (non-hydrogen) atoms. The molecule has 1 aromatic carbocycles. The van der Waals surface area contributed by atoms with Gasteiger partial charge < -0.3 is 9.67 Å². The molecule has 0 spiro atoms. The normalized spacial score (nSPS) is 21.4. The number of aryl methyl sites for hydroxylation is 1. The van der Waals surface area contributed by atoms with Crippen molar-refractivity contribution in [3.63, 3.8) is 0 Å². The lowest BCUT2D eigenvalue weighted by molar-refractivity contribution is -0.0295. The van der Waals surface area contributed by atoms with Gasteiger partial charge in [0.05, 0.1) is 30.7 Å². The number of carbonyl (C=O) groups excluding carboxylic acids is 1. The Balaban J connectivity index is 1.17. The molecule has 1 aliphatic carbocycles. The number of aliphatic hydroxyl groups is 1. The number of rotatable bonds is 6. The van der Waals surface area contributed by atoms with Crippen molar-refractivity contribution in [3.05, 3.63) is 89.1 Å². The average Bonchev–Trinajstić information content (AvgIpc) is 3.48. The van der Waals surface area contributed by atoms with Crippen LogP contribution < -0.4 is 0 Å². The number of nitrogens with zero attached hydrogens (tertiary/aromatic N) is 5. The molecule has 1 aliphatic heterocycles. The third-order valence-corrected chi connectivity index (χ3v) is 7.50.